The molecule has 1 heterocycles. The van der Waals surface area contributed by atoms with Gasteiger partial charge in [0.15, 0.2) is 0 Å². The van der Waals surface area contributed by atoms with Crippen LogP contribution in [-0.4, -0.2) is 12.6 Å². The Morgan fingerprint density at radius 3 is 3.14 bits per heavy atom. The van der Waals surface area contributed by atoms with Crippen molar-refractivity contribution in [1.82, 2.24) is 0 Å². The van der Waals surface area contributed by atoms with E-state index in [1.807, 2.05) is 6.92 Å². The summed E-state index contributed by atoms with van der Waals surface area (Å²) in [6.45, 7) is 6.65. The van der Waals surface area contributed by atoms with Crippen molar-refractivity contribution in [2.75, 3.05) is 6.61 Å². The maximum absolute atomic E-state index is 11.5. The van der Waals surface area contributed by atoms with Crippen LogP contribution in [-0.2, 0) is 9.53 Å². The highest BCUT2D eigenvalue weighted by molar-refractivity contribution is 5.77. The molecule has 0 aromatic carbocycles. The summed E-state index contributed by atoms with van der Waals surface area (Å²) >= 11 is 0. The van der Waals surface area contributed by atoms with Gasteiger partial charge in [-0.3, -0.25) is 4.79 Å². The standard InChI is InChI=1S/C12H14O2/c1-6(2)8-3-7-4-9(8)11-10(7)5-14-12(11)13/h3,7,9-11H,1,4-5H2,2H3/t7-,9-,10-,11+/m1/s1. The molecule has 3 rings (SSSR count). The number of ether oxygens (including phenoxy) is 1. The lowest BCUT2D eigenvalue weighted by Crippen LogP contribution is -2.23. The normalized spacial score (nSPS) is 43.5. The van der Waals surface area contributed by atoms with E-state index in [-0.39, 0.29) is 11.9 Å². The highest BCUT2D eigenvalue weighted by atomic mass is 16.5. The quantitative estimate of drug-likeness (QED) is 0.590. The first kappa shape index (κ1) is 8.27. The van der Waals surface area contributed by atoms with E-state index in [2.05, 4.69) is 12.7 Å². The average Bonchev–Trinajstić information content (AvgIpc) is 2.75. The molecule has 0 radical (unpaired) electrons. The lowest BCUT2D eigenvalue weighted by molar-refractivity contribution is -0.142. The number of esters is 1. The van der Waals surface area contributed by atoms with Crippen molar-refractivity contribution in [1.29, 1.82) is 0 Å². The number of carbonyl (C=O) groups is 1. The average molecular weight is 190 g/mol. The highest BCUT2D eigenvalue weighted by Crippen LogP contribution is 2.55. The predicted octanol–water partition coefficient (Wildman–Crippen LogP) is 1.93. The Morgan fingerprint density at radius 2 is 2.43 bits per heavy atom. The second kappa shape index (κ2) is 2.50. The van der Waals surface area contributed by atoms with E-state index < -0.39 is 0 Å². The third kappa shape index (κ3) is 0.839. The molecule has 2 heteroatoms. The third-order valence-electron chi connectivity index (χ3n) is 3.95. The summed E-state index contributed by atoms with van der Waals surface area (Å²) in [7, 11) is 0. The summed E-state index contributed by atoms with van der Waals surface area (Å²) in [5, 5.41) is 0. The van der Waals surface area contributed by atoms with Gasteiger partial charge in [0.2, 0.25) is 0 Å². The first-order valence-electron chi connectivity index (χ1n) is 5.22. The van der Waals surface area contributed by atoms with Crippen LogP contribution in [0.1, 0.15) is 13.3 Å². The van der Waals surface area contributed by atoms with Gasteiger partial charge in [-0.05, 0) is 30.8 Å². The smallest absolute Gasteiger partial charge is 0.310 e. The molecule has 0 unspecified atom stereocenters. The van der Waals surface area contributed by atoms with E-state index in [0.29, 0.717) is 24.4 Å². The molecule has 0 aromatic rings. The Morgan fingerprint density at radius 1 is 1.64 bits per heavy atom. The van der Waals surface area contributed by atoms with Gasteiger partial charge in [-0.1, -0.05) is 18.2 Å². The Bertz CT molecular complexity index is 353. The molecular weight excluding hydrogens is 176 g/mol. The van der Waals surface area contributed by atoms with Crippen LogP contribution in [0.2, 0.25) is 0 Å². The van der Waals surface area contributed by atoms with Crippen LogP contribution >= 0.6 is 0 Å². The van der Waals surface area contributed by atoms with E-state index in [1.54, 1.807) is 0 Å². The first-order valence-corrected chi connectivity index (χ1v) is 5.22. The van der Waals surface area contributed by atoms with Gasteiger partial charge in [-0.15, -0.1) is 0 Å². The summed E-state index contributed by atoms with van der Waals surface area (Å²) in [6.07, 6.45) is 3.46. The van der Waals surface area contributed by atoms with Gasteiger partial charge in [0.25, 0.3) is 0 Å². The van der Waals surface area contributed by atoms with Crippen LogP contribution < -0.4 is 0 Å². The van der Waals surface area contributed by atoms with Crippen LogP contribution in [0.15, 0.2) is 23.8 Å². The van der Waals surface area contributed by atoms with Gasteiger partial charge in [-0.25, -0.2) is 0 Å². The minimum Gasteiger partial charge on any atom is -0.465 e. The molecule has 3 aliphatic rings. The molecule has 0 N–H and O–H groups in total. The maximum atomic E-state index is 11.5. The minimum absolute atomic E-state index is 0.0225. The summed E-state index contributed by atoms with van der Waals surface area (Å²) < 4.78 is 5.13. The summed E-state index contributed by atoms with van der Waals surface area (Å²) in [5.41, 5.74) is 2.44. The van der Waals surface area contributed by atoms with E-state index in [1.165, 1.54) is 5.57 Å². The molecule has 0 aromatic heterocycles. The number of rotatable bonds is 1. The second-order valence-electron chi connectivity index (χ2n) is 4.73. The Balaban J connectivity index is 1.99. The number of hydrogen-bond acceptors (Lipinski definition) is 2. The lowest BCUT2D eigenvalue weighted by Gasteiger charge is -2.21. The fourth-order valence-electron chi connectivity index (χ4n) is 3.35. The number of cyclic esters (lactones) is 1. The summed E-state index contributed by atoms with van der Waals surface area (Å²) in [6, 6.07) is 0. The molecule has 0 spiro atoms. The van der Waals surface area contributed by atoms with Crippen molar-refractivity contribution >= 4 is 5.97 Å². The molecule has 1 saturated carbocycles. The summed E-state index contributed by atoms with van der Waals surface area (Å²) in [5.74, 6) is 1.63. The zero-order chi connectivity index (χ0) is 9.87. The molecule has 4 atom stereocenters. The zero-order valence-corrected chi connectivity index (χ0v) is 8.32. The molecule has 2 fully saturated rings. The number of hydrogen-bond donors (Lipinski definition) is 0. The summed E-state index contributed by atoms with van der Waals surface area (Å²) in [4.78, 5) is 11.5. The maximum Gasteiger partial charge on any atom is 0.310 e. The van der Waals surface area contributed by atoms with E-state index in [4.69, 9.17) is 4.74 Å². The number of carbonyl (C=O) groups excluding carboxylic acids is 1. The van der Waals surface area contributed by atoms with Crippen LogP contribution in [0.3, 0.4) is 0 Å². The predicted molar refractivity (Wildman–Crippen MR) is 52.4 cm³/mol. The van der Waals surface area contributed by atoms with Gasteiger partial charge < -0.3 is 4.74 Å². The largest absolute Gasteiger partial charge is 0.465 e. The molecule has 2 nitrogen and oxygen atoms in total. The molecule has 2 aliphatic carbocycles. The van der Waals surface area contributed by atoms with Crippen molar-refractivity contribution in [3.63, 3.8) is 0 Å². The molecule has 2 bridgehead atoms. The van der Waals surface area contributed by atoms with Crippen molar-refractivity contribution in [2.24, 2.45) is 23.7 Å². The van der Waals surface area contributed by atoms with Crippen LogP contribution in [0, 0.1) is 23.7 Å². The fourth-order valence-corrected chi connectivity index (χ4v) is 3.35. The van der Waals surface area contributed by atoms with E-state index in [9.17, 15) is 4.79 Å². The Labute approximate surface area is 83.6 Å². The third-order valence-corrected chi connectivity index (χ3v) is 3.95. The molecule has 14 heavy (non-hydrogen) atoms. The topological polar surface area (TPSA) is 26.3 Å². The van der Waals surface area contributed by atoms with Gasteiger partial charge in [0.1, 0.15) is 0 Å². The van der Waals surface area contributed by atoms with Crippen LogP contribution in [0.5, 0.6) is 0 Å². The highest BCUT2D eigenvalue weighted by Gasteiger charge is 2.55. The SMILES string of the molecule is C=C(C)C1=C[C@@H]2C[C@H]1[C@@H]1C(=O)OC[C@@H]12. The van der Waals surface area contributed by atoms with Crippen molar-refractivity contribution in [3.05, 3.63) is 23.8 Å². The lowest BCUT2D eigenvalue weighted by atomic mass is 9.80. The first-order chi connectivity index (χ1) is 6.68. The molecule has 74 valence electrons. The molecular formula is C12H14O2. The number of allylic oxidation sites excluding steroid dienone is 3. The monoisotopic (exact) mass is 190 g/mol. The van der Waals surface area contributed by atoms with Gasteiger partial charge >= 0.3 is 5.97 Å². The Hall–Kier alpha value is -1.05. The minimum atomic E-state index is 0.0225. The van der Waals surface area contributed by atoms with Crippen LogP contribution in [0.25, 0.3) is 0 Å². The van der Waals surface area contributed by atoms with Crippen molar-refractivity contribution < 1.29 is 9.53 Å². The second-order valence-corrected chi connectivity index (χ2v) is 4.73. The van der Waals surface area contributed by atoms with Gasteiger partial charge in [0, 0.05) is 5.92 Å². The van der Waals surface area contributed by atoms with E-state index in [0.717, 1.165) is 12.0 Å². The van der Waals surface area contributed by atoms with E-state index >= 15 is 0 Å². The molecule has 0 amide bonds. The van der Waals surface area contributed by atoms with Gasteiger partial charge in [-0.2, -0.15) is 0 Å². The fraction of sp³-hybridized carbons (Fsp3) is 0.583. The van der Waals surface area contributed by atoms with Gasteiger partial charge in [0.05, 0.1) is 12.5 Å². The van der Waals surface area contributed by atoms with Crippen LogP contribution in [0.4, 0.5) is 0 Å². The van der Waals surface area contributed by atoms with Crippen molar-refractivity contribution in [2.45, 2.75) is 13.3 Å². The zero-order valence-electron chi connectivity index (χ0n) is 8.32. The Kier molecular flexibility index (Phi) is 1.48. The molecule has 1 saturated heterocycles. The molecule has 1 aliphatic heterocycles. The number of fused-ring (bicyclic) bond motifs is 5. The van der Waals surface area contributed by atoms with Crippen molar-refractivity contribution in [3.8, 4) is 0 Å².